The lowest BCUT2D eigenvalue weighted by atomic mass is 10.1. The first-order chi connectivity index (χ1) is 15.6. The van der Waals surface area contributed by atoms with Gasteiger partial charge in [-0.3, -0.25) is 19.7 Å². The number of anilines is 1. The number of carbonyl (C=O) groups is 2. The number of aromatic amines is 1. The Morgan fingerprint density at radius 1 is 1.03 bits per heavy atom. The molecular weight excluding hydrogens is 402 g/mol. The molecule has 2 N–H and O–H groups in total. The van der Waals surface area contributed by atoms with Gasteiger partial charge >= 0.3 is 0 Å². The molecular formula is C25H23N5O2. The first-order valence-corrected chi connectivity index (χ1v) is 10.3. The predicted octanol–water partition coefficient (Wildman–Crippen LogP) is 3.92. The zero-order chi connectivity index (χ0) is 22.3. The minimum absolute atomic E-state index is 0.167. The highest BCUT2D eigenvalue weighted by Crippen LogP contribution is 2.19. The van der Waals surface area contributed by atoms with Gasteiger partial charge in [0.15, 0.2) is 0 Å². The number of rotatable bonds is 7. The van der Waals surface area contributed by atoms with Crippen LogP contribution in [0.2, 0.25) is 0 Å². The molecule has 0 saturated carbocycles. The molecule has 0 fully saturated rings. The summed E-state index contributed by atoms with van der Waals surface area (Å²) in [4.78, 5) is 31.4. The topological polar surface area (TPSA) is 91.0 Å². The summed E-state index contributed by atoms with van der Waals surface area (Å²) in [5, 5.41) is 10.9. The molecule has 2 aromatic heterocycles. The number of fused-ring (bicyclic) bond motifs is 1. The molecule has 0 aliphatic heterocycles. The number of carbonyl (C=O) groups excluding carboxylic acids is 2. The summed E-state index contributed by atoms with van der Waals surface area (Å²) in [5.74, 6) is -0.507. The number of amides is 2. The monoisotopic (exact) mass is 425 g/mol. The van der Waals surface area contributed by atoms with Crippen molar-refractivity contribution in [2.24, 2.45) is 0 Å². The number of nitrogens with one attached hydrogen (secondary N) is 2. The summed E-state index contributed by atoms with van der Waals surface area (Å²) in [6.07, 6.45) is 5.45. The second kappa shape index (κ2) is 9.70. The molecule has 0 radical (unpaired) electrons. The van der Waals surface area contributed by atoms with E-state index in [1.807, 2.05) is 42.5 Å². The maximum absolute atomic E-state index is 13.0. The lowest BCUT2D eigenvalue weighted by Crippen LogP contribution is -2.30. The van der Waals surface area contributed by atoms with Crippen LogP contribution in [-0.4, -0.2) is 45.5 Å². The van der Waals surface area contributed by atoms with Gasteiger partial charge in [0.25, 0.3) is 5.91 Å². The second-order valence-electron chi connectivity index (χ2n) is 7.32. The number of pyridine rings is 1. The van der Waals surface area contributed by atoms with E-state index in [-0.39, 0.29) is 11.8 Å². The third-order valence-corrected chi connectivity index (χ3v) is 5.08. The number of likely N-dealkylation sites (N-methyl/N-ethyl adjacent to an activating group) is 1. The molecule has 0 aliphatic carbocycles. The summed E-state index contributed by atoms with van der Waals surface area (Å²) < 4.78 is 0. The van der Waals surface area contributed by atoms with Crippen LogP contribution in [0.1, 0.15) is 21.7 Å². The van der Waals surface area contributed by atoms with Gasteiger partial charge in [-0.1, -0.05) is 36.4 Å². The predicted molar refractivity (Wildman–Crippen MR) is 125 cm³/mol. The van der Waals surface area contributed by atoms with Crippen LogP contribution < -0.4 is 5.32 Å². The zero-order valence-electron chi connectivity index (χ0n) is 17.7. The van der Waals surface area contributed by atoms with Crippen molar-refractivity contribution in [3.63, 3.8) is 0 Å². The van der Waals surface area contributed by atoms with Gasteiger partial charge in [-0.05, 0) is 36.4 Å². The Labute approximate surface area is 185 Å². The van der Waals surface area contributed by atoms with Crippen LogP contribution in [0.4, 0.5) is 5.69 Å². The van der Waals surface area contributed by atoms with E-state index in [1.54, 1.807) is 48.5 Å². The lowest BCUT2D eigenvalue weighted by molar-refractivity contribution is -0.111. The quantitative estimate of drug-likeness (QED) is 0.439. The van der Waals surface area contributed by atoms with Crippen LogP contribution in [-0.2, 0) is 11.2 Å². The number of benzene rings is 2. The van der Waals surface area contributed by atoms with E-state index in [0.717, 1.165) is 16.6 Å². The Bertz CT molecular complexity index is 1260. The van der Waals surface area contributed by atoms with Gasteiger partial charge in [0.1, 0.15) is 0 Å². The molecule has 2 aromatic carbocycles. The van der Waals surface area contributed by atoms with Gasteiger partial charge in [-0.2, -0.15) is 5.10 Å². The van der Waals surface area contributed by atoms with Gasteiger partial charge in [-0.25, -0.2) is 0 Å². The molecule has 0 bridgehead atoms. The van der Waals surface area contributed by atoms with Crippen LogP contribution >= 0.6 is 0 Å². The van der Waals surface area contributed by atoms with Crippen molar-refractivity contribution in [3.05, 3.63) is 96.0 Å². The van der Waals surface area contributed by atoms with Crippen LogP contribution in [0, 0.1) is 0 Å². The number of H-pyrrole nitrogens is 1. The van der Waals surface area contributed by atoms with E-state index in [4.69, 9.17) is 0 Å². The highest BCUT2D eigenvalue weighted by molar-refractivity contribution is 6.08. The van der Waals surface area contributed by atoms with Crippen molar-refractivity contribution in [2.45, 2.75) is 6.42 Å². The maximum Gasteiger partial charge on any atom is 0.255 e. The fraction of sp³-hybridized carbons (Fsp3) is 0.120. The van der Waals surface area contributed by atoms with E-state index in [9.17, 15) is 9.59 Å². The second-order valence-corrected chi connectivity index (χ2v) is 7.32. The largest absolute Gasteiger partial charge is 0.341 e. The molecule has 0 unspecified atom stereocenters. The Balaban J connectivity index is 1.43. The molecule has 32 heavy (non-hydrogen) atoms. The number of aromatic nitrogens is 3. The standard InChI is InChI=1S/C25H23N5O2/c1-30(17-15-18-8-6-7-16-26-18)25(32)20-10-3-4-11-21(20)27-24(31)14-13-23-19-9-2-5-12-22(19)28-29-23/h2-14,16H,15,17H2,1H3,(H,27,31)(H,28,29)/b14-13+. The molecule has 0 atom stereocenters. The normalized spacial score (nSPS) is 11.0. The smallest absolute Gasteiger partial charge is 0.255 e. The van der Waals surface area contributed by atoms with E-state index in [2.05, 4.69) is 20.5 Å². The van der Waals surface area contributed by atoms with E-state index < -0.39 is 0 Å². The number of nitrogens with zero attached hydrogens (tertiary/aromatic N) is 3. The Hall–Kier alpha value is -4.26. The molecule has 4 rings (SSSR count). The average molecular weight is 425 g/mol. The van der Waals surface area contributed by atoms with Gasteiger partial charge < -0.3 is 10.2 Å². The van der Waals surface area contributed by atoms with Crippen LogP contribution in [0.3, 0.4) is 0 Å². The van der Waals surface area contributed by atoms with Crippen molar-refractivity contribution >= 4 is 34.5 Å². The number of hydrogen-bond acceptors (Lipinski definition) is 4. The highest BCUT2D eigenvalue weighted by atomic mass is 16.2. The molecule has 2 amide bonds. The molecule has 0 aliphatic rings. The lowest BCUT2D eigenvalue weighted by Gasteiger charge is -2.19. The molecule has 7 nitrogen and oxygen atoms in total. The van der Waals surface area contributed by atoms with Crippen molar-refractivity contribution in [1.82, 2.24) is 20.1 Å². The fourth-order valence-electron chi connectivity index (χ4n) is 3.35. The van der Waals surface area contributed by atoms with Gasteiger partial charge in [0, 0.05) is 43.4 Å². The summed E-state index contributed by atoms with van der Waals surface area (Å²) >= 11 is 0. The number of hydrogen-bond donors (Lipinski definition) is 2. The van der Waals surface area contributed by atoms with Gasteiger partial charge in [0.05, 0.1) is 22.5 Å². The van der Waals surface area contributed by atoms with E-state index in [0.29, 0.717) is 29.9 Å². The maximum atomic E-state index is 13.0. The fourth-order valence-corrected chi connectivity index (χ4v) is 3.35. The molecule has 0 saturated heterocycles. The molecule has 0 spiro atoms. The Kier molecular flexibility index (Phi) is 6.36. The van der Waals surface area contributed by atoms with Crippen molar-refractivity contribution in [1.29, 1.82) is 0 Å². The Morgan fingerprint density at radius 3 is 2.66 bits per heavy atom. The highest BCUT2D eigenvalue weighted by Gasteiger charge is 2.16. The van der Waals surface area contributed by atoms with Crippen LogP contribution in [0.25, 0.3) is 17.0 Å². The SMILES string of the molecule is CN(CCc1ccccn1)C(=O)c1ccccc1NC(=O)/C=C/c1n[nH]c2ccccc12. The van der Waals surface area contributed by atoms with Gasteiger partial charge in [0.2, 0.25) is 5.91 Å². The van der Waals surface area contributed by atoms with Crippen molar-refractivity contribution in [2.75, 3.05) is 18.9 Å². The first-order valence-electron chi connectivity index (χ1n) is 10.3. The minimum Gasteiger partial charge on any atom is -0.341 e. The van der Waals surface area contributed by atoms with Crippen molar-refractivity contribution in [3.8, 4) is 0 Å². The average Bonchev–Trinajstić information content (AvgIpc) is 3.25. The molecule has 7 heteroatoms. The summed E-state index contributed by atoms with van der Waals surface area (Å²) in [5.41, 5.74) is 3.39. The summed E-state index contributed by atoms with van der Waals surface area (Å²) in [7, 11) is 1.74. The summed E-state index contributed by atoms with van der Waals surface area (Å²) in [6.45, 7) is 0.518. The minimum atomic E-state index is -0.339. The third kappa shape index (κ3) is 4.89. The van der Waals surface area contributed by atoms with E-state index in [1.165, 1.54) is 6.08 Å². The molecule has 4 aromatic rings. The molecule has 2 heterocycles. The van der Waals surface area contributed by atoms with Crippen LogP contribution in [0.5, 0.6) is 0 Å². The van der Waals surface area contributed by atoms with Crippen molar-refractivity contribution < 1.29 is 9.59 Å². The van der Waals surface area contributed by atoms with E-state index >= 15 is 0 Å². The third-order valence-electron chi connectivity index (χ3n) is 5.08. The van der Waals surface area contributed by atoms with Gasteiger partial charge in [-0.15, -0.1) is 0 Å². The summed E-state index contributed by atoms with van der Waals surface area (Å²) in [6, 6.07) is 20.4. The first kappa shape index (κ1) is 21.0. The zero-order valence-corrected chi connectivity index (χ0v) is 17.7. The molecule has 160 valence electrons. The Morgan fingerprint density at radius 2 is 1.81 bits per heavy atom. The van der Waals surface area contributed by atoms with Crippen LogP contribution in [0.15, 0.2) is 79.0 Å². The number of para-hydroxylation sites is 2.